The van der Waals surface area contributed by atoms with Crippen LogP contribution in [0.5, 0.6) is 0 Å². The highest BCUT2D eigenvalue weighted by Crippen LogP contribution is 2.28. The Morgan fingerprint density at radius 3 is 2.33 bits per heavy atom. The lowest BCUT2D eigenvalue weighted by Gasteiger charge is -2.20. The summed E-state index contributed by atoms with van der Waals surface area (Å²) in [6.07, 6.45) is 0. The number of hydrogen-bond acceptors (Lipinski definition) is 7. The molecule has 0 aliphatic heterocycles. The van der Waals surface area contributed by atoms with Crippen LogP contribution >= 0.6 is 11.8 Å². The first-order valence-corrected chi connectivity index (χ1v) is 12.1. The standard InChI is InChI=1S/C21H26N4O3S2/c1-5-25(6-2)18-12-10-17(11-13-18)20-22-23-21(28-20)29-15-16-8-7-9-19(14-16)30(26,27)24(3)4/h7-14H,5-6,15H2,1-4H3. The molecule has 7 nitrogen and oxygen atoms in total. The van der Waals surface area contributed by atoms with Crippen LogP contribution in [-0.4, -0.2) is 50.1 Å². The zero-order valence-corrected chi connectivity index (χ0v) is 19.2. The van der Waals surface area contributed by atoms with Crippen molar-refractivity contribution in [2.24, 2.45) is 0 Å². The van der Waals surface area contributed by atoms with Crippen LogP contribution in [0.15, 0.2) is 63.1 Å². The Morgan fingerprint density at radius 1 is 1.00 bits per heavy atom. The van der Waals surface area contributed by atoms with Gasteiger partial charge < -0.3 is 9.32 Å². The summed E-state index contributed by atoms with van der Waals surface area (Å²) in [4.78, 5) is 2.54. The van der Waals surface area contributed by atoms with E-state index in [2.05, 4.69) is 41.1 Å². The van der Waals surface area contributed by atoms with Crippen LogP contribution in [0.25, 0.3) is 11.5 Å². The topological polar surface area (TPSA) is 79.5 Å². The van der Waals surface area contributed by atoms with Gasteiger partial charge in [0.15, 0.2) is 0 Å². The zero-order chi connectivity index (χ0) is 21.7. The summed E-state index contributed by atoms with van der Waals surface area (Å²) in [5.74, 6) is 0.992. The molecule has 1 heterocycles. The molecule has 0 N–H and O–H groups in total. The van der Waals surface area contributed by atoms with Crippen molar-refractivity contribution in [2.45, 2.75) is 29.7 Å². The molecular weight excluding hydrogens is 420 g/mol. The molecule has 30 heavy (non-hydrogen) atoms. The van der Waals surface area contributed by atoms with Crippen molar-refractivity contribution in [1.29, 1.82) is 0 Å². The average molecular weight is 447 g/mol. The highest BCUT2D eigenvalue weighted by atomic mass is 32.2. The Morgan fingerprint density at radius 2 is 1.70 bits per heavy atom. The third-order valence-electron chi connectivity index (χ3n) is 4.69. The Kier molecular flexibility index (Phi) is 7.17. The van der Waals surface area contributed by atoms with Gasteiger partial charge in [0.2, 0.25) is 15.9 Å². The van der Waals surface area contributed by atoms with E-state index in [4.69, 9.17) is 4.42 Å². The normalized spacial score (nSPS) is 11.8. The number of sulfonamides is 1. The van der Waals surface area contributed by atoms with E-state index in [1.807, 2.05) is 18.2 Å². The highest BCUT2D eigenvalue weighted by molar-refractivity contribution is 7.98. The molecule has 3 rings (SSSR count). The zero-order valence-electron chi connectivity index (χ0n) is 17.6. The molecule has 3 aromatic rings. The third-order valence-corrected chi connectivity index (χ3v) is 7.39. The number of aromatic nitrogens is 2. The van der Waals surface area contributed by atoms with Gasteiger partial charge in [0.1, 0.15) is 0 Å². The number of hydrogen-bond donors (Lipinski definition) is 0. The van der Waals surface area contributed by atoms with Crippen molar-refractivity contribution in [2.75, 3.05) is 32.1 Å². The van der Waals surface area contributed by atoms with E-state index in [0.29, 0.717) is 16.9 Å². The smallest absolute Gasteiger partial charge is 0.277 e. The van der Waals surface area contributed by atoms with Crippen molar-refractivity contribution in [1.82, 2.24) is 14.5 Å². The van der Waals surface area contributed by atoms with Crippen LogP contribution in [0.3, 0.4) is 0 Å². The molecule has 0 spiro atoms. The van der Waals surface area contributed by atoms with Gasteiger partial charge in [-0.2, -0.15) is 0 Å². The van der Waals surface area contributed by atoms with Crippen LogP contribution in [0.4, 0.5) is 5.69 Å². The minimum Gasteiger partial charge on any atom is -0.411 e. The Labute approximate surface area is 182 Å². The van der Waals surface area contributed by atoms with Gasteiger partial charge in [0, 0.05) is 44.2 Å². The van der Waals surface area contributed by atoms with Gasteiger partial charge in [-0.15, -0.1) is 10.2 Å². The van der Waals surface area contributed by atoms with Gasteiger partial charge in [-0.1, -0.05) is 23.9 Å². The number of rotatable bonds is 9. The highest BCUT2D eigenvalue weighted by Gasteiger charge is 2.17. The summed E-state index contributed by atoms with van der Waals surface area (Å²) >= 11 is 1.38. The van der Waals surface area contributed by atoms with Crippen LogP contribution in [0.2, 0.25) is 0 Å². The molecule has 0 unspecified atom stereocenters. The Hall–Kier alpha value is -2.36. The average Bonchev–Trinajstić information content (AvgIpc) is 3.23. The van der Waals surface area contributed by atoms with Crippen LogP contribution in [-0.2, 0) is 15.8 Å². The maximum atomic E-state index is 12.3. The van der Waals surface area contributed by atoms with Gasteiger partial charge >= 0.3 is 0 Å². The maximum Gasteiger partial charge on any atom is 0.277 e. The molecule has 0 aliphatic carbocycles. The predicted molar refractivity (Wildman–Crippen MR) is 120 cm³/mol. The van der Waals surface area contributed by atoms with E-state index in [9.17, 15) is 8.42 Å². The molecule has 2 aromatic carbocycles. The van der Waals surface area contributed by atoms with E-state index in [0.717, 1.165) is 29.9 Å². The van der Waals surface area contributed by atoms with E-state index < -0.39 is 10.0 Å². The second-order valence-electron chi connectivity index (χ2n) is 6.82. The molecule has 0 saturated carbocycles. The molecule has 9 heteroatoms. The molecule has 0 fully saturated rings. The molecular formula is C21H26N4O3S2. The van der Waals surface area contributed by atoms with Crippen LogP contribution in [0, 0.1) is 0 Å². The minimum atomic E-state index is -3.46. The van der Waals surface area contributed by atoms with Crippen molar-refractivity contribution in [3.05, 3.63) is 54.1 Å². The second-order valence-corrected chi connectivity index (χ2v) is 9.89. The van der Waals surface area contributed by atoms with Crippen LogP contribution in [0.1, 0.15) is 19.4 Å². The van der Waals surface area contributed by atoms with Crippen molar-refractivity contribution in [3.8, 4) is 11.5 Å². The fraction of sp³-hybridized carbons (Fsp3) is 0.333. The number of thioether (sulfide) groups is 1. The number of benzene rings is 2. The molecule has 160 valence electrons. The lowest BCUT2D eigenvalue weighted by Crippen LogP contribution is -2.22. The first-order chi connectivity index (χ1) is 14.3. The van der Waals surface area contributed by atoms with E-state index >= 15 is 0 Å². The number of anilines is 1. The lowest BCUT2D eigenvalue weighted by atomic mass is 10.2. The van der Waals surface area contributed by atoms with Gasteiger partial charge in [-0.25, -0.2) is 12.7 Å². The van der Waals surface area contributed by atoms with Gasteiger partial charge in [-0.05, 0) is 55.8 Å². The summed E-state index contributed by atoms with van der Waals surface area (Å²) in [5.41, 5.74) is 2.89. The molecule has 0 amide bonds. The van der Waals surface area contributed by atoms with Crippen molar-refractivity contribution >= 4 is 27.5 Å². The first-order valence-electron chi connectivity index (χ1n) is 9.68. The first kappa shape index (κ1) is 22.3. The molecule has 0 aliphatic rings. The van der Waals surface area contributed by atoms with E-state index in [1.165, 1.54) is 30.2 Å². The fourth-order valence-corrected chi connectivity index (χ4v) is 4.62. The lowest BCUT2D eigenvalue weighted by molar-refractivity contribution is 0.466. The molecule has 0 saturated heterocycles. The van der Waals surface area contributed by atoms with Gasteiger partial charge in [-0.3, -0.25) is 0 Å². The minimum absolute atomic E-state index is 0.269. The Balaban J connectivity index is 1.68. The summed E-state index contributed by atoms with van der Waals surface area (Å²) < 4.78 is 31.6. The molecule has 0 atom stereocenters. The quantitative estimate of drug-likeness (QED) is 0.457. The monoisotopic (exact) mass is 446 g/mol. The largest absolute Gasteiger partial charge is 0.411 e. The molecule has 1 aromatic heterocycles. The maximum absolute atomic E-state index is 12.3. The molecule has 0 radical (unpaired) electrons. The third kappa shape index (κ3) is 5.03. The predicted octanol–water partition coefficient (Wildman–Crippen LogP) is 4.13. The van der Waals surface area contributed by atoms with Crippen molar-refractivity contribution in [3.63, 3.8) is 0 Å². The van der Waals surface area contributed by atoms with Crippen LogP contribution < -0.4 is 4.90 Å². The summed E-state index contributed by atoms with van der Waals surface area (Å²) in [6, 6.07) is 14.9. The second kappa shape index (κ2) is 9.63. The summed E-state index contributed by atoms with van der Waals surface area (Å²) in [7, 11) is -0.421. The SMILES string of the molecule is CCN(CC)c1ccc(-c2nnc(SCc3cccc(S(=O)(=O)N(C)C)c3)o2)cc1. The van der Waals surface area contributed by atoms with E-state index in [1.54, 1.807) is 18.2 Å². The van der Waals surface area contributed by atoms with Crippen molar-refractivity contribution < 1.29 is 12.8 Å². The van der Waals surface area contributed by atoms with Gasteiger partial charge in [0.25, 0.3) is 5.22 Å². The summed E-state index contributed by atoms with van der Waals surface area (Å²) in [5, 5.41) is 8.69. The summed E-state index contributed by atoms with van der Waals surface area (Å²) in [6.45, 7) is 6.16. The fourth-order valence-electron chi connectivity index (χ4n) is 2.94. The Bertz CT molecular complexity index is 1080. The number of nitrogens with zero attached hydrogens (tertiary/aromatic N) is 4. The van der Waals surface area contributed by atoms with Gasteiger partial charge in [0.05, 0.1) is 4.90 Å². The molecule has 0 bridgehead atoms. The van der Waals surface area contributed by atoms with E-state index in [-0.39, 0.29) is 4.90 Å².